The molecule has 0 amide bonds. The van der Waals surface area contributed by atoms with Gasteiger partial charge in [-0.15, -0.1) is 0 Å². The lowest BCUT2D eigenvalue weighted by Gasteiger charge is -2.14. The summed E-state index contributed by atoms with van der Waals surface area (Å²) in [4.78, 5) is 33.8. The molecule has 1 fully saturated rings. The summed E-state index contributed by atoms with van der Waals surface area (Å²) >= 11 is 0. The Kier molecular flexibility index (Phi) is 5.27. The summed E-state index contributed by atoms with van der Waals surface area (Å²) in [5.74, 6) is 0. The van der Waals surface area contributed by atoms with Crippen molar-refractivity contribution in [3.05, 3.63) is 0 Å². The predicted molar refractivity (Wildman–Crippen MR) is 53.9 cm³/mol. The standard InChI is InChI=1S/C6H14O9P2/c7-16(8,9)13-3-5-1-2-6(15-5)4-14-17(10,11)12/h5-6H,1-4H2,(H2,7,8,9)(H2,10,11,12). The second kappa shape index (κ2) is 5.88. The largest absolute Gasteiger partial charge is 0.469 e. The van der Waals surface area contributed by atoms with E-state index >= 15 is 0 Å². The van der Waals surface area contributed by atoms with Crippen molar-refractivity contribution in [2.24, 2.45) is 0 Å². The van der Waals surface area contributed by atoms with Crippen LogP contribution in [0.5, 0.6) is 0 Å². The van der Waals surface area contributed by atoms with Crippen molar-refractivity contribution in [2.75, 3.05) is 13.2 Å². The van der Waals surface area contributed by atoms with Gasteiger partial charge in [-0.25, -0.2) is 9.13 Å². The Morgan fingerprint density at radius 1 is 0.941 bits per heavy atom. The summed E-state index contributed by atoms with van der Waals surface area (Å²) < 4.78 is 34.6. The molecule has 1 aliphatic heterocycles. The number of phosphoric acid groups is 2. The predicted octanol–water partition coefficient (Wildman–Crippen LogP) is -0.247. The van der Waals surface area contributed by atoms with Gasteiger partial charge in [0, 0.05) is 0 Å². The van der Waals surface area contributed by atoms with E-state index in [4.69, 9.17) is 24.3 Å². The van der Waals surface area contributed by atoms with Crippen LogP contribution < -0.4 is 0 Å². The SMILES string of the molecule is O=P(O)(O)OCC1CCC(COP(=O)(O)O)O1. The van der Waals surface area contributed by atoms with Gasteiger partial charge in [0.2, 0.25) is 0 Å². The Morgan fingerprint density at radius 3 is 1.59 bits per heavy atom. The van der Waals surface area contributed by atoms with E-state index in [9.17, 15) is 9.13 Å². The van der Waals surface area contributed by atoms with Crippen molar-refractivity contribution in [1.82, 2.24) is 0 Å². The molecule has 0 bridgehead atoms. The third-order valence-corrected chi connectivity index (χ3v) is 3.02. The lowest BCUT2D eigenvalue weighted by atomic mass is 10.2. The van der Waals surface area contributed by atoms with E-state index in [1.54, 1.807) is 0 Å². The van der Waals surface area contributed by atoms with Crippen molar-refractivity contribution in [2.45, 2.75) is 25.0 Å². The first-order valence-corrected chi connectivity index (χ1v) is 7.77. The van der Waals surface area contributed by atoms with E-state index in [1.165, 1.54) is 0 Å². The van der Waals surface area contributed by atoms with Crippen LogP contribution in [-0.4, -0.2) is 45.0 Å². The highest BCUT2D eigenvalue weighted by atomic mass is 31.2. The summed E-state index contributed by atoms with van der Waals surface area (Å²) in [6.45, 7) is -0.534. The molecule has 0 saturated carbocycles. The summed E-state index contributed by atoms with van der Waals surface area (Å²) in [6, 6.07) is 0. The van der Waals surface area contributed by atoms with E-state index in [0.717, 1.165) is 0 Å². The molecule has 1 rings (SSSR count). The normalized spacial score (nSPS) is 26.4. The van der Waals surface area contributed by atoms with Crippen LogP contribution in [-0.2, 0) is 22.9 Å². The quantitative estimate of drug-likeness (QED) is 0.487. The molecule has 0 aromatic carbocycles. The zero-order valence-corrected chi connectivity index (χ0v) is 10.5. The Bertz CT molecular complexity index is 300. The van der Waals surface area contributed by atoms with Crippen molar-refractivity contribution in [1.29, 1.82) is 0 Å². The lowest BCUT2D eigenvalue weighted by molar-refractivity contribution is -0.0118. The van der Waals surface area contributed by atoms with Gasteiger partial charge < -0.3 is 24.3 Å². The Balaban J connectivity index is 2.24. The molecule has 0 radical (unpaired) electrons. The molecular weight excluding hydrogens is 278 g/mol. The molecule has 17 heavy (non-hydrogen) atoms. The molecule has 2 unspecified atom stereocenters. The first-order chi connectivity index (χ1) is 7.66. The summed E-state index contributed by atoms with van der Waals surface area (Å²) in [5.41, 5.74) is 0. The van der Waals surface area contributed by atoms with E-state index in [1.807, 2.05) is 0 Å². The van der Waals surface area contributed by atoms with Crippen LogP contribution >= 0.6 is 15.6 Å². The monoisotopic (exact) mass is 292 g/mol. The van der Waals surface area contributed by atoms with Crippen LogP contribution in [0.3, 0.4) is 0 Å². The fourth-order valence-corrected chi connectivity index (χ4v) is 2.11. The minimum atomic E-state index is -4.52. The average Bonchev–Trinajstić information content (AvgIpc) is 2.57. The van der Waals surface area contributed by atoms with Crippen LogP contribution in [0.25, 0.3) is 0 Å². The van der Waals surface area contributed by atoms with Crippen molar-refractivity contribution in [3.63, 3.8) is 0 Å². The van der Waals surface area contributed by atoms with Gasteiger partial charge in [-0.2, -0.15) is 0 Å². The van der Waals surface area contributed by atoms with Gasteiger partial charge in [0.25, 0.3) is 0 Å². The molecular formula is C6H14O9P2. The maximum atomic E-state index is 10.4. The molecule has 4 N–H and O–H groups in total. The van der Waals surface area contributed by atoms with Gasteiger partial charge in [-0.3, -0.25) is 9.05 Å². The Hall–Kier alpha value is 0.180. The maximum absolute atomic E-state index is 10.4. The van der Waals surface area contributed by atoms with Gasteiger partial charge in [-0.05, 0) is 12.8 Å². The second-order valence-electron chi connectivity index (χ2n) is 3.53. The summed E-state index contributed by atoms with van der Waals surface area (Å²) in [5, 5.41) is 0. The average molecular weight is 292 g/mol. The topological polar surface area (TPSA) is 143 Å². The highest BCUT2D eigenvalue weighted by Crippen LogP contribution is 2.38. The highest BCUT2D eigenvalue weighted by molar-refractivity contribution is 7.46. The minimum Gasteiger partial charge on any atom is -0.370 e. The number of hydrogen-bond donors (Lipinski definition) is 4. The minimum absolute atomic E-state index is 0.267. The zero-order chi connectivity index (χ0) is 13.1. The zero-order valence-electron chi connectivity index (χ0n) is 8.71. The number of ether oxygens (including phenoxy) is 1. The third-order valence-electron chi connectivity index (χ3n) is 2.05. The summed E-state index contributed by atoms with van der Waals surface area (Å²) in [6.07, 6.45) is -0.0503. The van der Waals surface area contributed by atoms with Gasteiger partial charge in [-0.1, -0.05) is 0 Å². The molecule has 102 valence electrons. The first-order valence-electron chi connectivity index (χ1n) is 4.71. The third kappa shape index (κ3) is 7.25. The van der Waals surface area contributed by atoms with E-state index in [0.29, 0.717) is 12.8 Å². The van der Waals surface area contributed by atoms with Crippen molar-refractivity contribution < 1.29 is 42.5 Å². The maximum Gasteiger partial charge on any atom is 0.469 e. The molecule has 1 saturated heterocycles. The fourth-order valence-electron chi connectivity index (χ4n) is 1.39. The summed E-state index contributed by atoms with van der Waals surface area (Å²) in [7, 11) is -9.03. The van der Waals surface area contributed by atoms with E-state index < -0.39 is 27.9 Å². The van der Waals surface area contributed by atoms with Gasteiger partial charge in [0.15, 0.2) is 0 Å². The molecule has 0 aliphatic carbocycles. The second-order valence-corrected chi connectivity index (χ2v) is 6.01. The molecule has 0 aromatic heterocycles. The molecule has 11 heteroatoms. The van der Waals surface area contributed by atoms with Crippen molar-refractivity contribution >= 4 is 15.6 Å². The smallest absolute Gasteiger partial charge is 0.370 e. The van der Waals surface area contributed by atoms with Crippen molar-refractivity contribution in [3.8, 4) is 0 Å². The molecule has 0 spiro atoms. The van der Waals surface area contributed by atoms with Crippen LogP contribution in [0.4, 0.5) is 0 Å². The van der Waals surface area contributed by atoms with E-state index in [-0.39, 0.29) is 13.2 Å². The Morgan fingerprint density at radius 2 is 1.29 bits per heavy atom. The van der Waals surface area contributed by atoms with Crippen LogP contribution in [0.15, 0.2) is 0 Å². The van der Waals surface area contributed by atoms with Gasteiger partial charge >= 0.3 is 15.6 Å². The van der Waals surface area contributed by atoms with Crippen LogP contribution in [0, 0.1) is 0 Å². The number of rotatable bonds is 6. The first kappa shape index (κ1) is 15.2. The lowest BCUT2D eigenvalue weighted by Crippen LogP contribution is -2.19. The van der Waals surface area contributed by atoms with Crippen LogP contribution in [0.1, 0.15) is 12.8 Å². The van der Waals surface area contributed by atoms with Gasteiger partial charge in [0.05, 0.1) is 25.4 Å². The number of hydrogen-bond acceptors (Lipinski definition) is 5. The molecule has 9 nitrogen and oxygen atoms in total. The van der Waals surface area contributed by atoms with Gasteiger partial charge in [0.1, 0.15) is 0 Å². The molecule has 1 aliphatic rings. The van der Waals surface area contributed by atoms with Crippen LogP contribution in [0.2, 0.25) is 0 Å². The molecule has 0 aromatic rings. The molecule has 1 heterocycles. The Labute approximate surface area is 97.2 Å². The highest BCUT2D eigenvalue weighted by Gasteiger charge is 2.29. The number of phosphoric ester groups is 2. The fraction of sp³-hybridized carbons (Fsp3) is 1.00. The van der Waals surface area contributed by atoms with E-state index in [2.05, 4.69) is 9.05 Å². The molecule has 2 atom stereocenters.